The van der Waals surface area contributed by atoms with E-state index >= 15 is 0 Å². The van der Waals surface area contributed by atoms with Crippen molar-refractivity contribution in [1.82, 2.24) is 0 Å². The first kappa shape index (κ1) is 13.7. The molecule has 0 spiro atoms. The third kappa shape index (κ3) is 3.19. The van der Waals surface area contributed by atoms with Crippen LogP contribution in [-0.2, 0) is 5.88 Å². The van der Waals surface area contributed by atoms with Gasteiger partial charge in [0.1, 0.15) is 11.5 Å². The molecule has 0 heterocycles. The number of rotatable bonds is 3. The molecule has 0 aliphatic heterocycles. The minimum atomic E-state index is 0.419. The molecule has 0 saturated heterocycles. The highest BCUT2D eigenvalue weighted by atomic mass is 79.9. The number of aryl methyl sites for hydroxylation is 1. The van der Waals surface area contributed by atoms with Crippen LogP contribution >= 0.6 is 39.1 Å². The molecule has 18 heavy (non-hydrogen) atoms. The topological polar surface area (TPSA) is 9.23 Å². The Balaban J connectivity index is 2.33. The smallest absolute Gasteiger partial charge is 0.141 e. The number of hydrogen-bond donors (Lipinski definition) is 0. The molecule has 0 atom stereocenters. The lowest BCUT2D eigenvalue weighted by atomic mass is 10.1. The van der Waals surface area contributed by atoms with Crippen LogP contribution in [0.5, 0.6) is 11.5 Å². The molecule has 0 saturated carbocycles. The van der Waals surface area contributed by atoms with Crippen LogP contribution in [0, 0.1) is 6.92 Å². The van der Waals surface area contributed by atoms with Gasteiger partial charge in [0.2, 0.25) is 0 Å². The first-order valence-corrected chi connectivity index (χ1v) is 7.09. The predicted molar refractivity (Wildman–Crippen MR) is 80.0 cm³/mol. The molecule has 94 valence electrons. The lowest BCUT2D eigenvalue weighted by Crippen LogP contribution is -1.91. The maximum absolute atomic E-state index is 5.92. The molecular weight excluding hydrogens is 335 g/mol. The molecule has 0 fully saturated rings. The Kier molecular flexibility index (Phi) is 4.55. The Morgan fingerprint density at radius 3 is 2.50 bits per heavy atom. The zero-order chi connectivity index (χ0) is 13.1. The van der Waals surface area contributed by atoms with Crippen molar-refractivity contribution < 1.29 is 4.74 Å². The minimum absolute atomic E-state index is 0.419. The van der Waals surface area contributed by atoms with Crippen molar-refractivity contribution in [3.05, 3.63) is 57.0 Å². The van der Waals surface area contributed by atoms with Gasteiger partial charge in [0, 0.05) is 10.6 Å². The second-order valence-corrected chi connectivity index (χ2v) is 5.48. The molecule has 0 N–H and O–H groups in total. The van der Waals surface area contributed by atoms with Crippen LogP contribution < -0.4 is 4.74 Å². The summed E-state index contributed by atoms with van der Waals surface area (Å²) in [5.41, 5.74) is 2.13. The van der Waals surface area contributed by atoms with E-state index in [-0.39, 0.29) is 0 Å². The summed E-state index contributed by atoms with van der Waals surface area (Å²) in [7, 11) is 0. The molecule has 0 unspecified atom stereocenters. The lowest BCUT2D eigenvalue weighted by molar-refractivity contribution is 0.475. The fraction of sp³-hybridized carbons (Fsp3) is 0.143. The van der Waals surface area contributed by atoms with Crippen LogP contribution in [0.1, 0.15) is 11.1 Å². The largest absolute Gasteiger partial charge is 0.456 e. The Hall–Kier alpha value is -0.700. The highest BCUT2D eigenvalue weighted by Crippen LogP contribution is 2.34. The van der Waals surface area contributed by atoms with Crippen molar-refractivity contribution in [3.63, 3.8) is 0 Å². The summed E-state index contributed by atoms with van der Waals surface area (Å²) in [6, 6.07) is 11.3. The summed E-state index contributed by atoms with van der Waals surface area (Å²) in [4.78, 5) is 0. The molecule has 1 nitrogen and oxygen atoms in total. The molecule has 0 aromatic heterocycles. The fourth-order valence-electron chi connectivity index (χ4n) is 1.59. The van der Waals surface area contributed by atoms with Gasteiger partial charge >= 0.3 is 0 Å². The lowest BCUT2D eigenvalue weighted by Gasteiger charge is -2.11. The van der Waals surface area contributed by atoms with E-state index in [2.05, 4.69) is 15.9 Å². The Bertz CT molecular complexity index is 570. The van der Waals surface area contributed by atoms with Gasteiger partial charge in [-0.3, -0.25) is 0 Å². The average Bonchev–Trinajstić information content (AvgIpc) is 2.34. The number of halogens is 3. The van der Waals surface area contributed by atoms with Crippen molar-refractivity contribution in [2.75, 3.05) is 0 Å². The van der Waals surface area contributed by atoms with Crippen molar-refractivity contribution in [2.45, 2.75) is 12.8 Å². The standard InChI is InChI=1S/C14H11BrCl2O/c1-9-2-4-13(10(6-9)8-16)18-14-5-3-11(17)7-12(14)15/h2-7H,8H2,1H3. The third-order valence-electron chi connectivity index (χ3n) is 2.47. The molecule has 2 rings (SSSR count). The number of alkyl halides is 1. The van der Waals surface area contributed by atoms with Gasteiger partial charge in [-0.05, 0) is 47.1 Å². The highest BCUT2D eigenvalue weighted by Gasteiger charge is 2.07. The molecule has 0 radical (unpaired) electrons. The number of hydrogen-bond acceptors (Lipinski definition) is 1. The summed E-state index contributed by atoms with van der Waals surface area (Å²) in [6.45, 7) is 2.03. The summed E-state index contributed by atoms with van der Waals surface area (Å²) in [6.07, 6.45) is 0. The number of ether oxygens (including phenoxy) is 1. The van der Waals surface area contributed by atoms with Crippen LogP contribution in [0.25, 0.3) is 0 Å². The molecule has 2 aromatic carbocycles. The molecule has 2 aromatic rings. The van der Waals surface area contributed by atoms with Gasteiger partial charge < -0.3 is 4.74 Å². The number of benzene rings is 2. The molecular formula is C14H11BrCl2O. The fourth-order valence-corrected chi connectivity index (χ4v) is 2.56. The zero-order valence-electron chi connectivity index (χ0n) is 9.71. The van der Waals surface area contributed by atoms with Crippen molar-refractivity contribution in [2.24, 2.45) is 0 Å². The maximum Gasteiger partial charge on any atom is 0.141 e. The van der Waals surface area contributed by atoms with E-state index in [1.807, 2.05) is 31.2 Å². The van der Waals surface area contributed by atoms with Crippen LogP contribution in [0.15, 0.2) is 40.9 Å². The van der Waals surface area contributed by atoms with Crippen molar-refractivity contribution in [1.29, 1.82) is 0 Å². The van der Waals surface area contributed by atoms with Gasteiger partial charge in [-0.15, -0.1) is 11.6 Å². The van der Waals surface area contributed by atoms with E-state index in [9.17, 15) is 0 Å². The van der Waals surface area contributed by atoms with E-state index in [4.69, 9.17) is 27.9 Å². The zero-order valence-corrected chi connectivity index (χ0v) is 12.8. The molecule has 4 heteroatoms. The van der Waals surface area contributed by atoms with Gasteiger partial charge in [0.25, 0.3) is 0 Å². The molecule has 0 aliphatic carbocycles. The van der Waals surface area contributed by atoms with Gasteiger partial charge in [-0.25, -0.2) is 0 Å². The SMILES string of the molecule is Cc1ccc(Oc2ccc(Cl)cc2Br)c(CCl)c1. The maximum atomic E-state index is 5.92. The quantitative estimate of drug-likeness (QED) is 0.625. The summed E-state index contributed by atoms with van der Waals surface area (Å²) >= 11 is 15.2. The van der Waals surface area contributed by atoms with Crippen molar-refractivity contribution >= 4 is 39.1 Å². The Labute approximate surface area is 125 Å². The normalized spacial score (nSPS) is 10.4. The minimum Gasteiger partial charge on any atom is -0.456 e. The van der Waals surface area contributed by atoms with Crippen LogP contribution in [0.3, 0.4) is 0 Å². The van der Waals surface area contributed by atoms with Gasteiger partial charge in [-0.1, -0.05) is 29.3 Å². The van der Waals surface area contributed by atoms with E-state index in [1.54, 1.807) is 12.1 Å². The Morgan fingerprint density at radius 1 is 1.11 bits per heavy atom. The predicted octanol–water partition coefficient (Wildman–Crippen LogP) is 5.94. The molecule has 0 amide bonds. The van der Waals surface area contributed by atoms with E-state index in [1.165, 1.54) is 0 Å². The second kappa shape index (κ2) is 5.96. The molecule has 0 aliphatic rings. The van der Waals surface area contributed by atoms with E-state index in [0.29, 0.717) is 10.9 Å². The van der Waals surface area contributed by atoms with E-state index < -0.39 is 0 Å². The first-order valence-electron chi connectivity index (χ1n) is 5.38. The van der Waals surface area contributed by atoms with Gasteiger partial charge in [-0.2, -0.15) is 0 Å². The van der Waals surface area contributed by atoms with Crippen LogP contribution in [-0.4, -0.2) is 0 Å². The van der Waals surface area contributed by atoms with E-state index in [0.717, 1.165) is 27.1 Å². The third-order valence-corrected chi connectivity index (χ3v) is 3.62. The highest BCUT2D eigenvalue weighted by molar-refractivity contribution is 9.10. The summed E-state index contributed by atoms with van der Waals surface area (Å²) < 4.78 is 6.67. The summed E-state index contributed by atoms with van der Waals surface area (Å²) in [5.74, 6) is 1.90. The van der Waals surface area contributed by atoms with Gasteiger partial charge in [0.05, 0.1) is 10.4 Å². The van der Waals surface area contributed by atoms with Crippen LogP contribution in [0.4, 0.5) is 0 Å². The first-order chi connectivity index (χ1) is 8.60. The van der Waals surface area contributed by atoms with Gasteiger partial charge in [0.15, 0.2) is 0 Å². The van der Waals surface area contributed by atoms with Crippen molar-refractivity contribution in [3.8, 4) is 11.5 Å². The van der Waals surface area contributed by atoms with Crippen LogP contribution in [0.2, 0.25) is 5.02 Å². The Morgan fingerprint density at radius 2 is 1.83 bits per heavy atom. The molecule has 0 bridgehead atoms. The monoisotopic (exact) mass is 344 g/mol. The average molecular weight is 346 g/mol. The summed E-state index contributed by atoms with van der Waals surface area (Å²) in [5, 5.41) is 0.663. The second-order valence-electron chi connectivity index (χ2n) is 3.92.